The summed E-state index contributed by atoms with van der Waals surface area (Å²) in [5.41, 5.74) is 2.22. The van der Waals surface area contributed by atoms with Crippen molar-refractivity contribution in [3.05, 3.63) is 35.8 Å². The number of nitrogens with zero attached hydrogens (tertiary/aromatic N) is 3. The molecule has 0 unspecified atom stereocenters. The molecular weight excluding hydrogens is 206 g/mol. The van der Waals surface area contributed by atoms with Crippen molar-refractivity contribution in [2.45, 2.75) is 6.92 Å². The summed E-state index contributed by atoms with van der Waals surface area (Å²) in [6.45, 7) is 1.93. The first-order chi connectivity index (χ1) is 7.58. The van der Waals surface area contributed by atoms with Gasteiger partial charge in [-0.3, -0.25) is 9.67 Å². The first-order valence-corrected chi connectivity index (χ1v) is 4.78. The fourth-order valence-electron chi connectivity index (χ4n) is 1.46. The number of carboxylic acids is 1. The number of carbonyl (C=O) groups is 1. The zero-order valence-corrected chi connectivity index (χ0v) is 9.01. The lowest BCUT2D eigenvalue weighted by molar-refractivity contribution is 0.0690. The smallest absolute Gasteiger partial charge is 0.357 e. The summed E-state index contributed by atoms with van der Waals surface area (Å²) in [6, 6.07) is 3.68. The fraction of sp³-hybridized carbons (Fsp3) is 0.182. The number of hydrogen-bond donors (Lipinski definition) is 1. The van der Waals surface area contributed by atoms with Crippen molar-refractivity contribution in [1.82, 2.24) is 14.8 Å². The molecule has 0 spiro atoms. The van der Waals surface area contributed by atoms with E-state index in [1.807, 2.05) is 13.0 Å². The Morgan fingerprint density at radius 3 is 2.75 bits per heavy atom. The second-order valence-electron chi connectivity index (χ2n) is 3.59. The minimum absolute atomic E-state index is 0.0267. The van der Waals surface area contributed by atoms with E-state index in [-0.39, 0.29) is 5.69 Å². The predicted octanol–water partition coefficient (Wildman–Crippen LogP) is 1.49. The second-order valence-corrected chi connectivity index (χ2v) is 3.59. The summed E-state index contributed by atoms with van der Waals surface area (Å²) >= 11 is 0. The van der Waals surface area contributed by atoms with Crippen molar-refractivity contribution >= 4 is 5.97 Å². The topological polar surface area (TPSA) is 68.0 Å². The minimum Gasteiger partial charge on any atom is -0.476 e. The summed E-state index contributed by atoms with van der Waals surface area (Å²) in [6.07, 6.45) is 3.36. The third kappa shape index (κ3) is 1.79. The third-order valence-electron chi connectivity index (χ3n) is 2.22. The molecule has 2 aromatic heterocycles. The number of aryl methyl sites for hydroxylation is 2. The molecule has 16 heavy (non-hydrogen) atoms. The normalized spacial score (nSPS) is 10.4. The highest BCUT2D eigenvalue weighted by Gasteiger charge is 2.16. The van der Waals surface area contributed by atoms with E-state index in [1.165, 1.54) is 4.68 Å². The molecule has 82 valence electrons. The molecule has 2 rings (SSSR count). The van der Waals surface area contributed by atoms with E-state index in [1.54, 1.807) is 25.5 Å². The van der Waals surface area contributed by atoms with Gasteiger partial charge in [-0.1, -0.05) is 6.07 Å². The van der Waals surface area contributed by atoms with Gasteiger partial charge in [-0.25, -0.2) is 4.79 Å². The second kappa shape index (κ2) is 3.77. The molecule has 1 N–H and O–H groups in total. The highest BCUT2D eigenvalue weighted by molar-refractivity contribution is 5.93. The SMILES string of the molecule is Cc1ccc(-c2cn(C)nc2C(=O)O)nc1. The van der Waals surface area contributed by atoms with E-state index in [4.69, 9.17) is 5.11 Å². The average molecular weight is 217 g/mol. The lowest BCUT2D eigenvalue weighted by Gasteiger charge is -1.98. The Labute approximate surface area is 92.4 Å². The molecule has 0 saturated heterocycles. The van der Waals surface area contributed by atoms with Gasteiger partial charge in [0.25, 0.3) is 0 Å². The highest BCUT2D eigenvalue weighted by Crippen LogP contribution is 2.20. The van der Waals surface area contributed by atoms with Crippen molar-refractivity contribution in [3.63, 3.8) is 0 Å². The molecule has 0 aliphatic heterocycles. The molecule has 0 aliphatic rings. The van der Waals surface area contributed by atoms with Gasteiger partial charge in [0.1, 0.15) is 0 Å². The van der Waals surface area contributed by atoms with Gasteiger partial charge in [0, 0.05) is 19.4 Å². The molecule has 5 heteroatoms. The van der Waals surface area contributed by atoms with Gasteiger partial charge in [0.15, 0.2) is 5.69 Å². The van der Waals surface area contributed by atoms with E-state index in [2.05, 4.69) is 10.1 Å². The molecule has 5 nitrogen and oxygen atoms in total. The van der Waals surface area contributed by atoms with Crippen molar-refractivity contribution in [1.29, 1.82) is 0 Å². The molecule has 0 radical (unpaired) electrons. The van der Waals surface area contributed by atoms with Crippen LogP contribution >= 0.6 is 0 Å². The molecule has 0 fully saturated rings. The first kappa shape index (κ1) is 10.4. The molecule has 0 aliphatic carbocycles. The van der Waals surface area contributed by atoms with Crippen molar-refractivity contribution in [3.8, 4) is 11.3 Å². The quantitative estimate of drug-likeness (QED) is 0.827. The Morgan fingerprint density at radius 2 is 2.19 bits per heavy atom. The van der Waals surface area contributed by atoms with Gasteiger partial charge >= 0.3 is 5.97 Å². The van der Waals surface area contributed by atoms with Crippen molar-refractivity contribution < 1.29 is 9.90 Å². The monoisotopic (exact) mass is 217 g/mol. The number of carboxylic acid groups (broad SMARTS) is 1. The molecule has 0 aromatic carbocycles. The minimum atomic E-state index is -1.04. The van der Waals surface area contributed by atoms with E-state index >= 15 is 0 Å². The van der Waals surface area contributed by atoms with Gasteiger partial charge in [0.05, 0.1) is 11.3 Å². The summed E-state index contributed by atoms with van der Waals surface area (Å²) < 4.78 is 1.47. The summed E-state index contributed by atoms with van der Waals surface area (Å²) in [4.78, 5) is 15.2. The summed E-state index contributed by atoms with van der Waals surface area (Å²) in [5, 5.41) is 12.9. The number of pyridine rings is 1. The maximum Gasteiger partial charge on any atom is 0.357 e. The summed E-state index contributed by atoms with van der Waals surface area (Å²) in [7, 11) is 1.68. The number of hydrogen-bond acceptors (Lipinski definition) is 3. The van der Waals surface area contributed by atoms with E-state index < -0.39 is 5.97 Å². The molecule has 2 heterocycles. The fourth-order valence-corrected chi connectivity index (χ4v) is 1.46. The maximum atomic E-state index is 11.0. The predicted molar refractivity (Wildman–Crippen MR) is 58.1 cm³/mol. The van der Waals surface area contributed by atoms with Crippen LogP contribution in [0.1, 0.15) is 16.1 Å². The molecule has 0 amide bonds. The van der Waals surface area contributed by atoms with Crippen LogP contribution in [0.25, 0.3) is 11.3 Å². The Morgan fingerprint density at radius 1 is 1.44 bits per heavy atom. The molecular formula is C11H11N3O2. The highest BCUT2D eigenvalue weighted by atomic mass is 16.4. The largest absolute Gasteiger partial charge is 0.476 e. The molecule has 0 atom stereocenters. The average Bonchev–Trinajstić information content (AvgIpc) is 2.61. The van der Waals surface area contributed by atoms with Crippen LogP contribution in [0.2, 0.25) is 0 Å². The van der Waals surface area contributed by atoms with Gasteiger partial charge in [0.2, 0.25) is 0 Å². The van der Waals surface area contributed by atoms with Crippen LogP contribution in [0.3, 0.4) is 0 Å². The van der Waals surface area contributed by atoms with Crippen LogP contribution < -0.4 is 0 Å². The van der Waals surface area contributed by atoms with Crippen LogP contribution in [-0.4, -0.2) is 25.8 Å². The number of aromatic nitrogens is 3. The Bertz CT molecular complexity index is 529. The van der Waals surface area contributed by atoms with Gasteiger partial charge < -0.3 is 5.11 Å². The molecule has 2 aromatic rings. The van der Waals surface area contributed by atoms with E-state index in [0.29, 0.717) is 11.3 Å². The lowest BCUT2D eigenvalue weighted by Crippen LogP contribution is -2.01. The Balaban J connectivity index is 2.55. The standard InChI is InChI=1S/C11H11N3O2/c1-7-3-4-9(12-5-7)8-6-14(2)13-10(8)11(15)16/h3-6H,1-2H3,(H,15,16). The van der Waals surface area contributed by atoms with Crippen LogP contribution in [0.5, 0.6) is 0 Å². The lowest BCUT2D eigenvalue weighted by atomic mass is 10.1. The first-order valence-electron chi connectivity index (χ1n) is 4.78. The van der Waals surface area contributed by atoms with Crippen LogP contribution in [0.15, 0.2) is 24.5 Å². The number of aromatic carboxylic acids is 1. The number of rotatable bonds is 2. The Hall–Kier alpha value is -2.17. The zero-order valence-electron chi connectivity index (χ0n) is 9.01. The van der Waals surface area contributed by atoms with Gasteiger partial charge in [-0.05, 0) is 18.6 Å². The van der Waals surface area contributed by atoms with E-state index in [0.717, 1.165) is 5.56 Å². The summed E-state index contributed by atoms with van der Waals surface area (Å²) in [5.74, 6) is -1.04. The third-order valence-corrected chi connectivity index (χ3v) is 2.22. The van der Waals surface area contributed by atoms with Crippen LogP contribution in [0, 0.1) is 6.92 Å². The molecule has 0 bridgehead atoms. The molecule has 0 saturated carbocycles. The van der Waals surface area contributed by atoms with Gasteiger partial charge in [-0.2, -0.15) is 5.10 Å². The van der Waals surface area contributed by atoms with Crippen molar-refractivity contribution in [2.75, 3.05) is 0 Å². The van der Waals surface area contributed by atoms with Gasteiger partial charge in [-0.15, -0.1) is 0 Å². The van der Waals surface area contributed by atoms with Crippen LogP contribution in [-0.2, 0) is 7.05 Å². The zero-order chi connectivity index (χ0) is 11.7. The Kier molecular flexibility index (Phi) is 2.44. The van der Waals surface area contributed by atoms with Crippen LogP contribution in [0.4, 0.5) is 0 Å². The van der Waals surface area contributed by atoms with Crippen molar-refractivity contribution in [2.24, 2.45) is 7.05 Å². The maximum absolute atomic E-state index is 11.0. The van der Waals surface area contributed by atoms with E-state index in [9.17, 15) is 4.79 Å².